The molecule has 0 amide bonds. The third kappa shape index (κ3) is 6.03. The summed E-state index contributed by atoms with van der Waals surface area (Å²) >= 11 is 0. The first-order valence-corrected chi connectivity index (χ1v) is 13.6. The van der Waals surface area contributed by atoms with E-state index < -0.39 is 22.0 Å². The molecule has 1 aliphatic carbocycles. The topological polar surface area (TPSA) is 90.9 Å². The Balaban J connectivity index is 1.50. The predicted molar refractivity (Wildman–Crippen MR) is 142 cm³/mol. The first-order valence-electron chi connectivity index (χ1n) is 12.1. The maximum absolute atomic E-state index is 13.1. The number of carbonyl (C=O) groups excluding carboxylic acids is 1. The Morgan fingerprint density at radius 2 is 1.59 bits per heavy atom. The number of esters is 1. The standard InChI is InChI=1S/C29H31NO6S/c1-4-36-29(31)28(23-13-17-26(34-2)27(19-23)35-3)22-10-14-24(18-22)30-37(32,33)25-15-11-21(12-16-25)20-8-6-5-7-9-20/h5-17,19,22,24,28,30H,4,18H2,1-3H3. The summed E-state index contributed by atoms with van der Waals surface area (Å²) in [6.45, 7) is 2.00. The zero-order chi connectivity index (χ0) is 26.4. The molecule has 1 aliphatic rings. The van der Waals surface area contributed by atoms with Crippen LogP contribution in [0.25, 0.3) is 11.1 Å². The van der Waals surface area contributed by atoms with Crippen LogP contribution in [-0.4, -0.2) is 41.3 Å². The molecule has 0 fully saturated rings. The number of allylic oxidation sites excluding steroid dienone is 1. The third-order valence-corrected chi connectivity index (χ3v) is 7.94. The molecule has 3 atom stereocenters. The lowest BCUT2D eigenvalue weighted by atomic mass is 9.85. The van der Waals surface area contributed by atoms with Gasteiger partial charge in [0.25, 0.3) is 0 Å². The fourth-order valence-corrected chi connectivity index (χ4v) is 5.83. The molecule has 3 aromatic carbocycles. The van der Waals surface area contributed by atoms with Crippen molar-refractivity contribution in [1.29, 1.82) is 0 Å². The summed E-state index contributed by atoms with van der Waals surface area (Å²) in [5.74, 6) is -0.183. The molecule has 0 aromatic heterocycles. The van der Waals surface area contributed by atoms with E-state index in [9.17, 15) is 13.2 Å². The zero-order valence-corrected chi connectivity index (χ0v) is 21.9. The van der Waals surface area contributed by atoms with Crippen LogP contribution in [0.5, 0.6) is 11.5 Å². The molecule has 0 spiro atoms. The van der Waals surface area contributed by atoms with Crippen molar-refractivity contribution in [2.75, 3.05) is 20.8 Å². The average Bonchev–Trinajstić information content (AvgIpc) is 3.36. The molecule has 0 bridgehead atoms. The number of rotatable bonds is 10. The molecular weight excluding hydrogens is 490 g/mol. The first-order chi connectivity index (χ1) is 17.9. The number of benzene rings is 3. The van der Waals surface area contributed by atoms with Crippen LogP contribution in [0.3, 0.4) is 0 Å². The van der Waals surface area contributed by atoms with Gasteiger partial charge in [0.15, 0.2) is 11.5 Å². The van der Waals surface area contributed by atoms with E-state index in [-0.39, 0.29) is 23.4 Å². The average molecular weight is 522 g/mol. The highest BCUT2D eigenvalue weighted by Gasteiger charge is 2.35. The second kappa shape index (κ2) is 11.6. The van der Waals surface area contributed by atoms with Gasteiger partial charge in [0.05, 0.1) is 31.6 Å². The summed E-state index contributed by atoms with van der Waals surface area (Å²) in [7, 11) is -0.678. The lowest BCUT2D eigenvalue weighted by Crippen LogP contribution is -2.33. The van der Waals surface area contributed by atoms with Crippen molar-refractivity contribution in [3.63, 3.8) is 0 Å². The second-order valence-corrected chi connectivity index (χ2v) is 10.5. The minimum Gasteiger partial charge on any atom is -0.493 e. The maximum atomic E-state index is 13.1. The van der Waals surface area contributed by atoms with Gasteiger partial charge in [0.2, 0.25) is 10.0 Å². The molecule has 0 aliphatic heterocycles. The quantitative estimate of drug-likeness (QED) is 0.300. The Hall–Kier alpha value is -3.62. The molecule has 37 heavy (non-hydrogen) atoms. The fourth-order valence-electron chi connectivity index (χ4n) is 4.62. The zero-order valence-electron chi connectivity index (χ0n) is 21.1. The molecule has 0 radical (unpaired) electrons. The lowest BCUT2D eigenvalue weighted by Gasteiger charge is -2.23. The van der Waals surface area contributed by atoms with Gasteiger partial charge in [-0.15, -0.1) is 0 Å². The Kier molecular flexibility index (Phi) is 8.31. The highest BCUT2D eigenvalue weighted by atomic mass is 32.2. The van der Waals surface area contributed by atoms with Crippen LogP contribution in [0.2, 0.25) is 0 Å². The molecule has 3 aromatic rings. The molecule has 194 valence electrons. The smallest absolute Gasteiger partial charge is 0.314 e. The van der Waals surface area contributed by atoms with E-state index in [1.165, 1.54) is 7.11 Å². The van der Waals surface area contributed by atoms with Crippen LogP contribution in [0.4, 0.5) is 0 Å². The Morgan fingerprint density at radius 3 is 2.24 bits per heavy atom. The summed E-state index contributed by atoms with van der Waals surface area (Å²) in [6, 6.07) is 21.4. The Bertz CT molecular complexity index is 1350. The summed E-state index contributed by atoms with van der Waals surface area (Å²) in [5, 5.41) is 0. The fraction of sp³-hybridized carbons (Fsp3) is 0.276. The second-order valence-electron chi connectivity index (χ2n) is 8.75. The van der Waals surface area contributed by atoms with Gasteiger partial charge in [-0.05, 0) is 60.2 Å². The molecule has 4 rings (SSSR count). The number of nitrogens with one attached hydrogen (secondary N) is 1. The van der Waals surface area contributed by atoms with Crippen molar-refractivity contribution in [2.45, 2.75) is 30.2 Å². The van der Waals surface area contributed by atoms with Crippen molar-refractivity contribution in [3.8, 4) is 22.6 Å². The minimum absolute atomic E-state index is 0.186. The number of ether oxygens (including phenoxy) is 3. The number of hydrogen-bond donors (Lipinski definition) is 1. The third-order valence-electron chi connectivity index (χ3n) is 6.43. The van der Waals surface area contributed by atoms with Gasteiger partial charge in [-0.25, -0.2) is 13.1 Å². The van der Waals surface area contributed by atoms with E-state index >= 15 is 0 Å². The molecule has 1 N–H and O–H groups in total. The molecule has 0 saturated heterocycles. The van der Waals surface area contributed by atoms with Crippen LogP contribution >= 0.6 is 0 Å². The number of sulfonamides is 1. The summed E-state index contributed by atoms with van der Waals surface area (Å²) < 4.78 is 45.1. The van der Waals surface area contributed by atoms with Gasteiger partial charge in [-0.3, -0.25) is 4.79 Å². The van der Waals surface area contributed by atoms with E-state index in [0.29, 0.717) is 23.5 Å². The molecule has 0 heterocycles. The highest BCUT2D eigenvalue weighted by Crippen LogP contribution is 2.38. The van der Waals surface area contributed by atoms with Gasteiger partial charge in [0, 0.05) is 6.04 Å². The Morgan fingerprint density at radius 1 is 0.919 bits per heavy atom. The van der Waals surface area contributed by atoms with Crippen LogP contribution in [0.1, 0.15) is 24.8 Å². The van der Waals surface area contributed by atoms with Gasteiger partial charge in [-0.2, -0.15) is 0 Å². The van der Waals surface area contributed by atoms with E-state index in [1.807, 2.05) is 42.5 Å². The summed E-state index contributed by atoms with van der Waals surface area (Å²) in [4.78, 5) is 13.2. The van der Waals surface area contributed by atoms with E-state index in [1.54, 1.807) is 56.5 Å². The number of hydrogen-bond acceptors (Lipinski definition) is 6. The Labute approximate surface area is 218 Å². The molecular formula is C29H31NO6S. The molecule has 7 nitrogen and oxygen atoms in total. The normalized spacial score (nSPS) is 17.8. The van der Waals surface area contributed by atoms with Crippen LogP contribution in [0, 0.1) is 5.92 Å². The van der Waals surface area contributed by atoms with Crippen molar-refractivity contribution < 1.29 is 27.4 Å². The van der Waals surface area contributed by atoms with E-state index in [4.69, 9.17) is 14.2 Å². The van der Waals surface area contributed by atoms with Gasteiger partial charge in [0.1, 0.15) is 0 Å². The van der Waals surface area contributed by atoms with Crippen molar-refractivity contribution in [3.05, 3.63) is 90.5 Å². The molecule has 0 saturated carbocycles. The van der Waals surface area contributed by atoms with E-state index in [0.717, 1.165) is 11.1 Å². The first kappa shape index (κ1) is 26.4. The number of methoxy groups -OCH3 is 2. The lowest BCUT2D eigenvalue weighted by molar-refractivity contribution is -0.146. The van der Waals surface area contributed by atoms with Crippen LogP contribution in [0.15, 0.2) is 89.8 Å². The largest absolute Gasteiger partial charge is 0.493 e. The molecule has 3 unspecified atom stereocenters. The summed E-state index contributed by atoms with van der Waals surface area (Å²) in [6.07, 6.45) is 4.09. The van der Waals surface area contributed by atoms with Crippen LogP contribution < -0.4 is 14.2 Å². The summed E-state index contributed by atoms with van der Waals surface area (Å²) in [5.41, 5.74) is 2.67. The van der Waals surface area contributed by atoms with Gasteiger partial charge >= 0.3 is 5.97 Å². The monoisotopic (exact) mass is 521 g/mol. The minimum atomic E-state index is -3.76. The van der Waals surface area contributed by atoms with Crippen molar-refractivity contribution in [1.82, 2.24) is 4.72 Å². The van der Waals surface area contributed by atoms with E-state index in [2.05, 4.69) is 4.72 Å². The molecule has 8 heteroatoms. The SMILES string of the molecule is CCOC(=O)C(c1ccc(OC)c(OC)c1)C1C=CC(NS(=O)(=O)c2ccc(-c3ccccc3)cc2)C1. The van der Waals surface area contributed by atoms with Gasteiger partial charge < -0.3 is 14.2 Å². The van der Waals surface area contributed by atoms with Crippen molar-refractivity contribution in [2.24, 2.45) is 5.92 Å². The maximum Gasteiger partial charge on any atom is 0.314 e. The highest BCUT2D eigenvalue weighted by molar-refractivity contribution is 7.89. The predicted octanol–water partition coefficient (Wildman–Crippen LogP) is 4.94. The van der Waals surface area contributed by atoms with Crippen LogP contribution in [-0.2, 0) is 19.6 Å². The van der Waals surface area contributed by atoms with Crippen molar-refractivity contribution >= 4 is 16.0 Å². The number of carbonyl (C=O) groups is 1. The van der Waals surface area contributed by atoms with Gasteiger partial charge in [-0.1, -0.05) is 60.7 Å².